The average molecular weight is 239 g/mol. The van der Waals surface area contributed by atoms with Crippen LogP contribution >= 0.6 is 0 Å². The maximum absolute atomic E-state index is 11.6. The number of carboxylic acid groups (broad SMARTS) is 1. The highest BCUT2D eigenvalue weighted by atomic mass is 16.4. The maximum Gasteiger partial charge on any atom is 0.310 e. The van der Waals surface area contributed by atoms with E-state index in [4.69, 9.17) is 0 Å². The molecule has 0 fully saturated rings. The highest BCUT2D eigenvalue weighted by molar-refractivity contribution is 5.84. The number of aliphatic carboxylic acids is 1. The Kier molecular flexibility index (Phi) is 7.04. The molecular weight excluding hydrogens is 218 g/mol. The second-order valence-electron chi connectivity index (χ2n) is 4.00. The van der Waals surface area contributed by atoms with Gasteiger partial charge in [-0.15, -0.1) is 11.8 Å². The molecular formula is C13H21NO3. The summed E-state index contributed by atoms with van der Waals surface area (Å²) in [6.45, 7) is 5.81. The summed E-state index contributed by atoms with van der Waals surface area (Å²) in [5.41, 5.74) is -0.930. The number of rotatable bonds is 7. The lowest BCUT2D eigenvalue weighted by molar-refractivity contribution is -0.152. The zero-order chi connectivity index (χ0) is 13.3. The summed E-state index contributed by atoms with van der Waals surface area (Å²) in [6.07, 6.45) is 1.55. The zero-order valence-electron chi connectivity index (χ0n) is 10.8. The van der Waals surface area contributed by atoms with Gasteiger partial charge in [-0.05, 0) is 19.8 Å². The SMILES string of the molecule is CC#CCCNC(=O)CC(CC)(CC)C(=O)O. The Morgan fingerprint density at radius 2 is 1.88 bits per heavy atom. The average Bonchev–Trinajstić information content (AvgIpc) is 2.31. The normalized spacial score (nSPS) is 10.3. The van der Waals surface area contributed by atoms with Gasteiger partial charge in [-0.3, -0.25) is 9.59 Å². The van der Waals surface area contributed by atoms with E-state index in [1.807, 2.05) is 0 Å². The van der Waals surface area contributed by atoms with Crippen LogP contribution in [-0.4, -0.2) is 23.5 Å². The van der Waals surface area contributed by atoms with Gasteiger partial charge in [0, 0.05) is 19.4 Å². The second kappa shape index (κ2) is 7.72. The molecule has 0 aromatic heterocycles. The Hall–Kier alpha value is -1.50. The third kappa shape index (κ3) is 4.90. The summed E-state index contributed by atoms with van der Waals surface area (Å²) in [4.78, 5) is 22.8. The van der Waals surface area contributed by atoms with Gasteiger partial charge in [0.2, 0.25) is 5.91 Å². The molecule has 0 aliphatic heterocycles. The first kappa shape index (κ1) is 15.5. The Morgan fingerprint density at radius 3 is 2.29 bits per heavy atom. The van der Waals surface area contributed by atoms with Crippen molar-refractivity contribution in [3.05, 3.63) is 0 Å². The molecule has 0 unspecified atom stereocenters. The van der Waals surface area contributed by atoms with E-state index < -0.39 is 11.4 Å². The van der Waals surface area contributed by atoms with Crippen molar-refractivity contribution < 1.29 is 14.7 Å². The minimum Gasteiger partial charge on any atom is -0.481 e. The molecule has 0 radical (unpaired) electrons. The van der Waals surface area contributed by atoms with Crippen LogP contribution in [0.1, 0.15) is 46.5 Å². The fourth-order valence-corrected chi connectivity index (χ4v) is 1.64. The molecule has 96 valence electrons. The van der Waals surface area contributed by atoms with E-state index in [1.54, 1.807) is 20.8 Å². The second-order valence-corrected chi connectivity index (χ2v) is 4.00. The van der Waals surface area contributed by atoms with Crippen LogP contribution < -0.4 is 5.32 Å². The minimum atomic E-state index is -0.930. The number of hydrogen-bond acceptors (Lipinski definition) is 2. The van der Waals surface area contributed by atoms with Crippen molar-refractivity contribution in [1.82, 2.24) is 5.32 Å². The van der Waals surface area contributed by atoms with Crippen LogP contribution in [0.2, 0.25) is 0 Å². The largest absolute Gasteiger partial charge is 0.481 e. The summed E-state index contributed by atoms with van der Waals surface area (Å²) in [5.74, 6) is 4.46. The smallest absolute Gasteiger partial charge is 0.310 e. The fourth-order valence-electron chi connectivity index (χ4n) is 1.64. The van der Waals surface area contributed by atoms with Crippen molar-refractivity contribution in [3.63, 3.8) is 0 Å². The highest BCUT2D eigenvalue weighted by Gasteiger charge is 2.36. The van der Waals surface area contributed by atoms with Crippen molar-refractivity contribution in [2.75, 3.05) is 6.54 Å². The Morgan fingerprint density at radius 1 is 1.29 bits per heavy atom. The first-order valence-corrected chi connectivity index (χ1v) is 5.92. The molecule has 0 aromatic carbocycles. The molecule has 17 heavy (non-hydrogen) atoms. The number of hydrogen-bond donors (Lipinski definition) is 2. The van der Waals surface area contributed by atoms with E-state index >= 15 is 0 Å². The van der Waals surface area contributed by atoms with Gasteiger partial charge in [0.1, 0.15) is 0 Å². The Labute approximate surface area is 103 Å². The quantitative estimate of drug-likeness (QED) is 0.526. The first-order valence-electron chi connectivity index (χ1n) is 5.92. The van der Waals surface area contributed by atoms with Crippen LogP contribution in [0.3, 0.4) is 0 Å². The van der Waals surface area contributed by atoms with E-state index in [2.05, 4.69) is 17.2 Å². The maximum atomic E-state index is 11.6. The summed E-state index contributed by atoms with van der Waals surface area (Å²) in [6, 6.07) is 0. The Balaban J connectivity index is 4.30. The molecule has 0 aliphatic carbocycles. The van der Waals surface area contributed by atoms with Crippen LogP contribution in [0.15, 0.2) is 0 Å². The van der Waals surface area contributed by atoms with E-state index in [1.165, 1.54) is 0 Å². The molecule has 0 rings (SSSR count). The molecule has 0 atom stereocenters. The molecule has 4 heteroatoms. The minimum absolute atomic E-state index is 0.0366. The number of amides is 1. The molecule has 0 saturated heterocycles. The summed E-state index contributed by atoms with van der Waals surface area (Å²) < 4.78 is 0. The topological polar surface area (TPSA) is 66.4 Å². The van der Waals surface area contributed by atoms with Crippen LogP contribution in [-0.2, 0) is 9.59 Å². The van der Waals surface area contributed by atoms with E-state index in [0.29, 0.717) is 25.8 Å². The highest BCUT2D eigenvalue weighted by Crippen LogP contribution is 2.30. The van der Waals surface area contributed by atoms with Gasteiger partial charge < -0.3 is 10.4 Å². The summed E-state index contributed by atoms with van der Waals surface area (Å²) >= 11 is 0. The number of carbonyl (C=O) groups is 2. The van der Waals surface area contributed by atoms with Crippen molar-refractivity contribution in [3.8, 4) is 11.8 Å². The Bertz CT molecular complexity index is 321. The number of nitrogens with one attached hydrogen (secondary N) is 1. The van der Waals surface area contributed by atoms with Gasteiger partial charge >= 0.3 is 5.97 Å². The molecule has 1 amide bonds. The summed E-state index contributed by atoms with van der Waals surface area (Å²) in [7, 11) is 0. The lowest BCUT2D eigenvalue weighted by Crippen LogP contribution is -2.37. The van der Waals surface area contributed by atoms with E-state index in [-0.39, 0.29) is 12.3 Å². The molecule has 0 bridgehead atoms. The fraction of sp³-hybridized carbons (Fsp3) is 0.692. The van der Waals surface area contributed by atoms with Gasteiger partial charge in [0.25, 0.3) is 0 Å². The zero-order valence-corrected chi connectivity index (χ0v) is 10.8. The molecule has 2 N–H and O–H groups in total. The van der Waals surface area contributed by atoms with Crippen LogP contribution in [0.25, 0.3) is 0 Å². The molecule has 0 heterocycles. The van der Waals surface area contributed by atoms with Gasteiger partial charge in [-0.25, -0.2) is 0 Å². The van der Waals surface area contributed by atoms with Crippen LogP contribution in [0.4, 0.5) is 0 Å². The van der Waals surface area contributed by atoms with Crippen LogP contribution in [0, 0.1) is 17.3 Å². The first-order chi connectivity index (χ1) is 8.02. The predicted molar refractivity (Wildman–Crippen MR) is 66.3 cm³/mol. The molecule has 0 aliphatic rings. The van der Waals surface area contributed by atoms with Crippen molar-refractivity contribution in [2.24, 2.45) is 5.41 Å². The number of carboxylic acids is 1. The lowest BCUT2D eigenvalue weighted by atomic mass is 9.79. The van der Waals surface area contributed by atoms with Crippen molar-refractivity contribution in [2.45, 2.75) is 46.5 Å². The van der Waals surface area contributed by atoms with Gasteiger partial charge in [-0.1, -0.05) is 13.8 Å². The third-order valence-corrected chi connectivity index (χ3v) is 3.06. The van der Waals surface area contributed by atoms with E-state index in [0.717, 1.165) is 0 Å². The lowest BCUT2D eigenvalue weighted by Gasteiger charge is -2.25. The van der Waals surface area contributed by atoms with E-state index in [9.17, 15) is 14.7 Å². The standard InChI is InChI=1S/C13H21NO3/c1-4-7-8-9-14-11(15)10-13(5-2,6-3)12(16)17/h5-6,8-10H2,1-3H3,(H,14,15)(H,16,17). The van der Waals surface area contributed by atoms with Gasteiger partial charge in [-0.2, -0.15) is 0 Å². The number of carbonyl (C=O) groups excluding carboxylic acids is 1. The van der Waals surface area contributed by atoms with Gasteiger partial charge in [0.05, 0.1) is 5.41 Å². The molecule has 0 saturated carbocycles. The monoisotopic (exact) mass is 239 g/mol. The van der Waals surface area contributed by atoms with Crippen molar-refractivity contribution in [1.29, 1.82) is 0 Å². The third-order valence-electron chi connectivity index (χ3n) is 3.06. The van der Waals surface area contributed by atoms with Crippen LogP contribution in [0.5, 0.6) is 0 Å². The van der Waals surface area contributed by atoms with Crippen molar-refractivity contribution >= 4 is 11.9 Å². The summed E-state index contributed by atoms with van der Waals surface area (Å²) in [5, 5.41) is 11.9. The molecule has 0 aromatic rings. The molecule has 4 nitrogen and oxygen atoms in total. The predicted octanol–water partition coefficient (Wildman–Crippen LogP) is 1.80. The van der Waals surface area contributed by atoms with Gasteiger partial charge in [0.15, 0.2) is 0 Å². The molecule has 0 spiro atoms.